The van der Waals surface area contributed by atoms with Crippen LogP contribution in [-0.2, 0) is 14.2 Å². The molecule has 0 aromatic heterocycles. The summed E-state index contributed by atoms with van der Waals surface area (Å²) in [6.07, 6.45) is 0.963. The predicted octanol–water partition coefficient (Wildman–Crippen LogP) is 1.38. The summed E-state index contributed by atoms with van der Waals surface area (Å²) in [7, 11) is 5.51. The van der Waals surface area contributed by atoms with Gasteiger partial charge in [-0.05, 0) is 13.5 Å². The van der Waals surface area contributed by atoms with Gasteiger partial charge < -0.3 is 19.1 Å². The van der Waals surface area contributed by atoms with Crippen molar-refractivity contribution in [1.82, 2.24) is 4.90 Å². The molecule has 98 valence electrons. The molecule has 0 N–H and O–H groups in total. The van der Waals surface area contributed by atoms with Gasteiger partial charge in [0.25, 0.3) is 0 Å². The fourth-order valence-electron chi connectivity index (χ4n) is 1.29. The smallest absolute Gasteiger partial charge is 0.0600 e. The standard InChI is InChI=1S/C11H24BrNO3/c1-13(9-11(12)10-15-3)5-8-16-7-4-6-14-2/h11H,4-10H2,1-3H3. The van der Waals surface area contributed by atoms with Crippen LogP contribution in [0.25, 0.3) is 0 Å². The third-order valence-corrected chi connectivity index (χ3v) is 2.67. The Balaban J connectivity index is 3.26. The summed E-state index contributed by atoms with van der Waals surface area (Å²) in [6.45, 7) is 4.96. The van der Waals surface area contributed by atoms with Crippen molar-refractivity contribution in [3.8, 4) is 0 Å². The molecule has 0 saturated heterocycles. The molecule has 0 aromatic carbocycles. The van der Waals surface area contributed by atoms with Crippen molar-refractivity contribution in [1.29, 1.82) is 0 Å². The first-order chi connectivity index (χ1) is 7.70. The van der Waals surface area contributed by atoms with Crippen LogP contribution in [-0.4, -0.2) is 70.5 Å². The fraction of sp³-hybridized carbons (Fsp3) is 1.00. The molecule has 4 nitrogen and oxygen atoms in total. The first-order valence-electron chi connectivity index (χ1n) is 5.59. The lowest BCUT2D eigenvalue weighted by Crippen LogP contribution is -2.31. The lowest BCUT2D eigenvalue weighted by atomic mass is 10.4. The van der Waals surface area contributed by atoms with E-state index in [1.807, 2.05) is 0 Å². The van der Waals surface area contributed by atoms with Crippen LogP contribution in [0.5, 0.6) is 0 Å². The maximum Gasteiger partial charge on any atom is 0.0600 e. The van der Waals surface area contributed by atoms with Crippen LogP contribution in [0.3, 0.4) is 0 Å². The molecular weight excluding hydrogens is 274 g/mol. The number of ether oxygens (including phenoxy) is 3. The molecule has 16 heavy (non-hydrogen) atoms. The van der Waals surface area contributed by atoms with Crippen LogP contribution in [0.15, 0.2) is 0 Å². The minimum Gasteiger partial charge on any atom is -0.385 e. The van der Waals surface area contributed by atoms with Gasteiger partial charge >= 0.3 is 0 Å². The van der Waals surface area contributed by atoms with Crippen molar-refractivity contribution in [3.05, 3.63) is 0 Å². The highest BCUT2D eigenvalue weighted by Crippen LogP contribution is 2.01. The Morgan fingerprint density at radius 1 is 1.12 bits per heavy atom. The molecule has 0 aliphatic rings. The molecule has 0 bridgehead atoms. The Kier molecular flexibility index (Phi) is 12.0. The fourth-order valence-corrected chi connectivity index (χ4v) is 2.05. The summed E-state index contributed by atoms with van der Waals surface area (Å²) in [4.78, 5) is 2.62. The zero-order chi connectivity index (χ0) is 12.2. The molecular formula is C11H24BrNO3. The van der Waals surface area contributed by atoms with Crippen LogP contribution in [0.1, 0.15) is 6.42 Å². The van der Waals surface area contributed by atoms with E-state index < -0.39 is 0 Å². The highest BCUT2D eigenvalue weighted by Gasteiger charge is 2.07. The lowest BCUT2D eigenvalue weighted by Gasteiger charge is -2.19. The number of rotatable bonds is 11. The highest BCUT2D eigenvalue weighted by molar-refractivity contribution is 9.09. The number of halogens is 1. The number of methoxy groups -OCH3 is 2. The van der Waals surface area contributed by atoms with E-state index in [0.29, 0.717) is 4.83 Å². The maximum atomic E-state index is 5.48. The van der Waals surface area contributed by atoms with Gasteiger partial charge in [-0.15, -0.1) is 0 Å². The van der Waals surface area contributed by atoms with E-state index in [2.05, 4.69) is 27.9 Å². The van der Waals surface area contributed by atoms with Crippen molar-refractivity contribution in [2.75, 3.05) is 60.8 Å². The molecule has 0 aliphatic carbocycles. The van der Waals surface area contributed by atoms with E-state index in [1.54, 1.807) is 14.2 Å². The van der Waals surface area contributed by atoms with Crippen LogP contribution in [0, 0.1) is 0 Å². The summed E-state index contributed by atoms with van der Waals surface area (Å²) in [5.74, 6) is 0. The SMILES string of the molecule is COCCCOCCN(C)CC(Br)COC. The normalized spacial score (nSPS) is 13.3. The maximum absolute atomic E-state index is 5.48. The second-order valence-electron chi connectivity index (χ2n) is 3.77. The molecule has 0 aromatic rings. The summed E-state index contributed by atoms with van der Waals surface area (Å²) in [5.41, 5.74) is 0. The number of hydrogen-bond acceptors (Lipinski definition) is 4. The lowest BCUT2D eigenvalue weighted by molar-refractivity contribution is 0.0872. The van der Waals surface area contributed by atoms with Gasteiger partial charge in [0.15, 0.2) is 0 Å². The van der Waals surface area contributed by atoms with Crippen molar-refractivity contribution < 1.29 is 14.2 Å². The summed E-state index contributed by atoms with van der Waals surface area (Å²) >= 11 is 3.56. The minimum atomic E-state index is 0.385. The van der Waals surface area contributed by atoms with E-state index in [1.165, 1.54) is 0 Å². The van der Waals surface area contributed by atoms with E-state index in [-0.39, 0.29) is 0 Å². The number of likely N-dealkylation sites (N-methyl/N-ethyl adjacent to an activating group) is 1. The Labute approximate surface area is 107 Å². The van der Waals surface area contributed by atoms with Gasteiger partial charge in [-0.25, -0.2) is 0 Å². The zero-order valence-corrected chi connectivity index (χ0v) is 12.2. The second kappa shape index (κ2) is 11.8. The van der Waals surface area contributed by atoms with Gasteiger partial charge in [0.2, 0.25) is 0 Å². The molecule has 1 atom stereocenters. The van der Waals surface area contributed by atoms with Gasteiger partial charge in [-0.1, -0.05) is 15.9 Å². The molecule has 0 radical (unpaired) electrons. The van der Waals surface area contributed by atoms with Crippen molar-refractivity contribution in [2.24, 2.45) is 0 Å². The first kappa shape index (κ1) is 16.3. The first-order valence-corrected chi connectivity index (χ1v) is 6.50. The third-order valence-electron chi connectivity index (χ3n) is 2.11. The molecule has 0 amide bonds. The highest BCUT2D eigenvalue weighted by atomic mass is 79.9. The number of alkyl halides is 1. The topological polar surface area (TPSA) is 30.9 Å². The van der Waals surface area contributed by atoms with Crippen LogP contribution >= 0.6 is 15.9 Å². The quantitative estimate of drug-likeness (QED) is 0.426. The van der Waals surface area contributed by atoms with Crippen molar-refractivity contribution in [3.63, 3.8) is 0 Å². The second-order valence-corrected chi connectivity index (χ2v) is 5.07. The monoisotopic (exact) mass is 297 g/mol. The Morgan fingerprint density at radius 2 is 1.88 bits per heavy atom. The molecule has 0 spiro atoms. The van der Waals surface area contributed by atoms with E-state index in [4.69, 9.17) is 14.2 Å². The summed E-state index contributed by atoms with van der Waals surface area (Å²) in [6, 6.07) is 0. The van der Waals surface area contributed by atoms with Crippen molar-refractivity contribution >= 4 is 15.9 Å². The van der Waals surface area contributed by atoms with E-state index >= 15 is 0 Å². The van der Waals surface area contributed by atoms with Crippen LogP contribution in [0.2, 0.25) is 0 Å². The average molecular weight is 298 g/mol. The number of nitrogens with zero attached hydrogens (tertiary/aromatic N) is 1. The van der Waals surface area contributed by atoms with E-state index in [9.17, 15) is 0 Å². The molecule has 0 saturated carbocycles. The molecule has 0 fully saturated rings. The number of hydrogen-bond donors (Lipinski definition) is 0. The molecule has 0 heterocycles. The van der Waals surface area contributed by atoms with Gasteiger partial charge in [0.05, 0.1) is 18.0 Å². The molecule has 0 rings (SSSR count). The van der Waals surface area contributed by atoms with Crippen LogP contribution < -0.4 is 0 Å². The summed E-state index contributed by atoms with van der Waals surface area (Å²) < 4.78 is 15.5. The summed E-state index contributed by atoms with van der Waals surface area (Å²) in [5, 5.41) is 0. The van der Waals surface area contributed by atoms with Gasteiger partial charge in [0.1, 0.15) is 0 Å². The molecule has 0 aliphatic heterocycles. The zero-order valence-electron chi connectivity index (χ0n) is 10.6. The molecule has 1 unspecified atom stereocenters. The molecule has 5 heteroatoms. The van der Waals surface area contributed by atoms with Crippen LogP contribution in [0.4, 0.5) is 0 Å². The Morgan fingerprint density at radius 3 is 2.50 bits per heavy atom. The Hall–Kier alpha value is 0.320. The van der Waals surface area contributed by atoms with Gasteiger partial charge in [0, 0.05) is 40.5 Å². The van der Waals surface area contributed by atoms with Gasteiger partial charge in [-0.3, -0.25) is 0 Å². The third kappa shape index (κ3) is 10.8. The van der Waals surface area contributed by atoms with Crippen molar-refractivity contribution in [2.45, 2.75) is 11.2 Å². The predicted molar refractivity (Wildman–Crippen MR) is 69.4 cm³/mol. The average Bonchev–Trinajstić information content (AvgIpc) is 2.23. The largest absolute Gasteiger partial charge is 0.385 e. The minimum absolute atomic E-state index is 0.385. The van der Waals surface area contributed by atoms with E-state index in [0.717, 1.165) is 45.9 Å². The van der Waals surface area contributed by atoms with Gasteiger partial charge in [-0.2, -0.15) is 0 Å². The Bertz CT molecular complexity index is 149.